The van der Waals surface area contributed by atoms with Crippen LogP contribution >= 0.6 is 0 Å². The van der Waals surface area contributed by atoms with Crippen molar-refractivity contribution in [3.05, 3.63) is 0 Å². The van der Waals surface area contributed by atoms with Gasteiger partial charge in [0.2, 0.25) is 0 Å². The summed E-state index contributed by atoms with van der Waals surface area (Å²) in [7, 11) is 2.54. The molecule has 0 fully saturated rings. The van der Waals surface area contributed by atoms with Crippen molar-refractivity contribution in [2.75, 3.05) is 20.7 Å². The molecule has 0 aromatic heterocycles. The average molecular weight is 242 g/mol. The molecule has 0 aromatic rings. The Hall–Kier alpha value is -2.23. The highest BCUT2D eigenvalue weighted by molar-refractivity contribution is 5.86. The Labute approximate surface area is 98.7 Å². The fourth-order valence-corrected chi connectivity index (χ4v) is 0.918. The van der Waals surface area contributed by atoms with Gasteiger partial charge in [-0.3, -0.25) is 4.79 Å². The van der Waals surface area contributed by atoms with Crippen LogP contribution in [-0.2, 0) is 14.3 Å². The molecular weight excluding hydrogens is 228 g/mol. The third kappa shape index (κ3) is 5.41. The molecule has 0 saturated heterocycles. The molecule has 0 spiro atoms. The topological polar surface area (TPSA) is 95.9 Å². The lowest BCUT2D eigenvalue weighted by atomic mass is 10.2. The van der Waals surface area contributed by atoms with Gasteiger partial charge in [0, 0.05) is 7.05 Å². The lowest BCUT2D eigenvalue weighted by Crippen LogP contribution is -2.47. The summed E-state index contributed by atoms with van der Waals surface area (Å²) in [5.74, 6) is 0.183. The van der Waals surface area contributed by atoms with Crippen molar-refractivity contribution in [2.24, 2.45) is 0 Å². The van der Waals surface area contributed by atoms with Crippen LogP contribution in [0.5, 0.6) is 0 Å². The number of carboxylic acid groups (broad SMARTS) is 1. The van der Waals surface area contributed by atoms with Crippen molar-refractivity contribution >= 4 is 18.0 Å². The van der Waals surface area contributed by atoms with E-state index in [1.807, 2.05) is 0 Å². The van der Waals surface area contributed by atoms with Crippen LogP contribution in [0, 0.1) is 12.3 Å². The van der Waals surface area contributed by atoms with E-state index in [9.17, 15) is 14.4 Å². The molecular formula is C10H14N2O5. The summed E-state index contributed by atoms with van der Waals surface area (Å²) >= 11 is 0. The van der Waals surface area contributed by atoms with Gasteiger partial charge >= 0.3 is 18.0 Å². The van der Waals surface area contributed by atoms with Crippen LogP contribution in [0.15, 0.2) is 0 Å². The molecule has 0 aliphatic rings. The van der Waals surface area contributed by atoms with Gasteiger partial charge in [0.25, 0.3) is 0 Å². The van der Waals surface area contributed by atoms with Crippen molar-refractivity contribution in [3.63, 3.8) is 0 Å². The molecule has 0 unspecified atom stereocenters. The highest BCUT2D eigenvalue weighted by Gasteiger charge is 2.24. The number of hydrogen-bond acceptors (Lipinski definition) is 4. The third-order valence-electron chi connectivity index (χ3n) is 1.87. The Kier molecular flexibility index (Phi) is 6.18. The monoisotopic (exact) mass is 242 g/mol. The summed E-state index contributed by atoms with van der Waals surface area (Å²) in [4.78, 5) is 34.2. The summed E-state index contributed by atoms with van der Waals surface area (Å²) < 4.78 is 4.32. The molecule has 0 heterocycles. The van der Waals surface area contributed by atoms with E-state index in [0.29, 0.717) is 0 Å². The smallest absolute Gasteiger partial charge is 0.326 e. The van der Waals surface area contributed by atoms with Gasteiger partial charge in [-0.15, -0.1) is 6.42 Å². The van der Waals surface area contributed by atoms with Crippen molar-refractivity contribution in [1.82, 2.24) is 10.2 Å². The minimum Gasteiger partial charge on any atom is -0.480 e. The number of methoxy groups -OCH3 is 1. The number of amides is 2. The van der Waals surface area contributed by atoms with E-state index < -0.39 is 30.4 Å². The molecule has 0 aliphatic heterocycles. The first-order valence-corrected chi connectivity index (χ1v) is 4.67. The van der Waals surface area contributed by atoms with Gasteiger partial charge in [-0.2, -0.15) is 0 Å². The highest BCUT2D eigenvalue weighted by atomic mass is 16.5. The lowest BCUT2D eigenvalue weighted by Gasteiger charge is -2.18. The van der Waals surface area contributed by atoms with Crippen LogP contribution in [0.1, 0.15) is 6.42 Å². The number of carboxylic acids is 1. The second kappa shape index (κ2) is 7.11. The molecule has 7 nitrogen and oxygen atoms in total. The fraction of sp³-hybridized carbons (Fsp3) is 0.500. The van der Waals surface area contributed by atoms with E-state index in [-0.39, 0.29) is 6.54 Å². The summed E-state index contributed by atoms with van der Waals surface area (Å²) in [6.07, 6.45) is 4.56. The molecule has 17 heavy (non-hydrogen) atoms. The first kappa shape index (κ1) is 14.8. The Balaban J connectivity index is 4.46. The minimum atomic E-state index is -1.34. The van der Waals surface area contributed by atoms with E-state index >= 15 is 0 Å². The molecule has 2 N–H and O–H groups in total. The number of carbonyl (C=O) groups is 3. The molecule has 0 bridgehead atoms. The molecule has 0 rings (SSSR count). The minimum absolute atomic E-state index is 0.0381. The maximum absolute atomic E-state index is 11.4. The second-order valence-corrected chi connectivity index (χ2v) is 3.18. The lowest BCUT2D eigenvalue weighted by molar-refractivity contribution is -0.147. The molecule has 0 radical (unpaired) electrons. The number of ether oxygens (including phenoxy) is 1. The SMILES string of the molecule is C#CCN(C)C(=O)N[C@@H](CC(=O)OC)C(=O)O. The Morgan fingerprint density at radius 2 is 2.12 bits per heavy atom. The van der Waals surface area contributed by atoms with Crippen LogP contribution in [0.2, 0.25) is 0 Å². The zero-order chi connectivity index (χ0) is 13.4. The quantitative estimate of drug-likeness (QED) is 0.490. The van der Waals surface area contributed by atoms with Gasteiger partial charge in [0.05, 0.1) is 20.1 Å². The van der Waals surface area contributed by atoms with E-state index in [1.165, 1.54) is 7.05 Å². The molecule has 94 valence electrons. The number of hydrogen-bond donors (Lipinski definition) is 2. The maximum atomic E-state index is 11.4. The van der Waals surface area contributed by atoms with Gasteiger partial charge < -0.3 is 20.1 Å². The van der Waals surface area contributed by atoms with Crippen molar-refractivity contribution < 1.29 is 24.2 Å². The van der Waals surface area contributed by atoms with Crippen molar-refractivity contribution in [3.8, 4) is 12.3 Å². The largest absolute Gasteiger partial charge is 0.480 e. The van der Waals surface area contributed by atoms with Crippen LogP contribution in [0.4, 0.5) is 4.79 Å². The number of esters is 1. The van der Waals surface area contributed by atoms with Gasteiger partial charge in [-0.05, 0) is 0 Å². The highest BCUT2D eigenvalue weighted by Crippen LogP contribution is 1.96. The Bertz CT molecular complexity index is 347. The number of aliphatic carboxylic acids is 1. The van der Waals surface area contributed by atoms with Crippen LogP contribution in [0.3, 0.4) is 0 Å². The average Bonchev–Trinajstić information content (AvgIpc) is 2.27. The maximum Gasteiger partial charge on any atom is 0.326 e. The predicted octanol–water partition coefficient (Wildman–Crippen LogP) is -0.723. The molecule has 0 saturated carbocycles. The third-order valence-corrected chi connectivity index (χ3v) is 1.87. The van der Waals surface area contributed by atoms with E-state index in [1.54, 1.807) is 0 Å². The van der Waals surface area contributed by atoms with E-state index in [0.717, 1.165) is 12.0 Å². The number of urea groups is 1. The Morgan fingerprint density at radius 3 is 2.53 bits per heavy atom. The van der Waals surface area contributed by atoms with Gasteiger partial charge in [0.15, 0.2) is 0 Å². The number of carbonyl (C=O) groups excluding carboxylic acids is 2. The number of nitrogens with zero attached hydrogens (tertiary/aromatic N) is 1. The van der Waals surface area contributed by atoms with Gasteiger partial charge in [-0.25, -0.2) is 9.59 Å². The summed E-state index contributed by atoms with van der Waals surface area (Å²) in [6.45, 7) is 0.0381. The normalized spacial score (nSPS) is 10.9. The predicted molar refractivity (Wildman–Crippen MR) is 58.1 cm³/mol. The second-order valence-electron chi connectivity index (χ2n) is 3.18. The van der Waals surface area contributed by atoms with Gasteiger partial charge in [-0.1, -0.05) is 5.92 Å². The summed E-state index contributed by atoms with van der Waals surface area (Å²) in [6, 6.07) is -2.01. The fourth-order valence-electron chi connectivity index (χ4n) is 0.918. The van der Waals surface area contributed by atoms with Crippen LogP contribution in [0.25, 0.3) is 0 Å². The van der Waals surface area contributed by atoms with E-state index in [2.05, 4.69) is 16.0 Å². The van der Waals surface area contributed by atoms with E-state index in [4.69, 9.17) is 11.5 Å². The van der Waals surface area contributed by atoms with Gasteiger partial charge in [0.1, 0.15) is 6.04 Å². The van der Waals surface area contributed by atoms with Crippen LogP contribution < -0.4 is 5.32 Å². The zero-order valence-corrected chi connectivity index (χ0v) is 9.60. The Morgan fingerprint density at radius 1 is 1.53 bits per heavy atom. The van der Waals surface area contributed by atoms with Crippen molar-refractivity contribution in [1.29, 1.82) is 0 Å². The van der Waals surface area contributed by atoms with Crippen molar-refractivity contribution in [2.45, 2.75) is 12.5 Å². The molecule has 0 aliphatic carbocycles. The number of terminal acetylenes is 1. The standard InChI is InChI=1S/C10H14N2O5/c1-4-5-12(2)10(16)11-7(9(14)15)6-8(13)17-3/h1,7H,5-6H2,2-3H3,(H,11,16)(H,14,15)/t7-/m0/s1. The first-order chi connectivity index (χ1) is 7.92. The molecule has 1 atom stereocenters. The molecule has 0 aromatic carbocycles. The molecule has 2 amide bonds. The summed E-state index contributed by atoms with van der Waals surface area (Å²) in [5.41, 5.74) is 0. The molecule has 7 heteroatoms. The number of rotatable bonds is 5. The zero-order valence-electron chi connectivity index (χ0n) is 9.60. The first-order valence-electron chi connectivity index (χ1n) is 4.67. The summed E-state index contributed by atoms with van der Waals surface area (Å²) in [5, 5.41) is 11.0. The van der Waals surface area contributed by atoms with Crippen LogP contribution in [-0.4, -0.2) is 54.7 Å². The number of nitrogens with one attached hydrogen (secondary N) is 1.